The molecule has 0 N–H and O–H groups in total. The van der Waals surface area contributed by atoms with E-state index in [4.69, 9.17) is 14.2 Å². The molecule has 7 nitrogen and oxygen atoms in total. The van der Waals surface area contributed by atoms with Crippen molar-refractivity contribution < 1.29 is 32.2 Å². The van der Waals surface area contributed by atoms with Crippen LogP contribution in [-0.2, 0) is 16.1 Å². The molecule has 0 saturated heterocycles. The number of esters is 1. The highest BCUT2D eigenvalue weighted by molar-refractivity contribution is 9.10. The van der Waals surface area contributed by atoms with E-state index in [0.717, 1.165) is 25.9 Å². The first-order valence-corrected chi connectivity index (χ1v) is 16.0. The summed E-state index contributed by atoms with van der Waals surface area (Å²) in [5, 5.41) is 1.18. The molecule has 0 fully saturated rings. The van der Waals surface area contributed by atoms with Crippen molar-refractivity contribution in [3.8, 4) is 11.5 Å². The first-order valence-electron chi connectivity index (χ1n) is 14.4. The number of aromatic nitrogens is 1. The molecule has 47 heavy (non-hydrogen) atoms. The Balaban J connectivity index is 1.59. The van der Waals surface area contributed by atoms with Crippen molar-refractivity contribution in [2.75, 3.05) is 13.7 Å². The number of para-hydroxylation sites is 1. The number of carbonyl (C=O) groups is 1. The molecule has 240 valence electrons. The van der Waals surface area contributed by atoms with Crippen LogP contribution >= 0.6 is 27.3 Å². The highest BCUT2D eigenvalue weighted by Crippen LogP contribution is 2.43. The fourth-order valence-corrected chi connectivity index (χ4v) is 6.72. The highest BCUT2D eigenvalue weighted by atomic mass is 79.9. The van der Waals surface area contributed by atoms with E-state index >= 15 is 0 Å². The number of ether oxygens (including phenoxy) is 3. The van der Waals surface area contributed by atoms with Gasteiger partial charge in [0.05, 0.1) is 23.8 Å². The SMILES string of the molecule is CCOC(=O)C1=C(C(F)(F)F)N=c2s/c(=C\c3ccccc3OCc3ccc(Br)cc3)c(=O)n2[C@@H]1c1c(OC)ccc2ccccc12. The van der Waals surface area contributed by atoms with E-state index in [-0.39, 0.29) is 33.9 Å². The van der Waals surface area contributed by atoms with Crippen molar-refractivity contribution in [2.24, 2.45) is 4.99 Å². The number of nitrogens with zero attached hydrogens (tertiary/aromatic N) is 2. The Labute approximate surface area is 279 Å². The average molecular weight is 724 g/mol. The molecule has 1 aliphatic rings. The zero-order valence-electron chi connectivity index (χ0n) is 25.0. The highest BCUT2D eigenvalue weighted by Gasteiger charge is 2.46. The minimum Gasteiger partial charge on any atom is -0.496 e. The predicted octanol–water partition coefficient (Wildman–Crippen LogP) is 6.84. The van der Waals surface area contributed by atoms with E-state index in [9.17, 15) is 22.8 Å². The summed E-state index contributed by atoms with van der Waals surface area (Å²) in [6.45, 7) is 1.55. The second kappa shape index (κ2) is 13.2. The van der Waals surface area contributed by atoms with Gasteiger partial charge in [-0.3, -0.25) is 9.36 Å². The van der Waals surface area contributed by atoms with Crippen LogP contribution in [0.2, 0.25) is 0 Å². The first kappa shape index (κ1) is 32.3. The van der Waals surface area contributed by atoms with Gasteiger partial charge in [-0.15, -0.1) is 0 Å². The van der Waals surface area contributed by atoms with Gasteiger partial charge in [0.15, 0.2) is 10.5 Å². The molecule has 4 aromatic carbocycles. The molecule has 2 heterocycles. The van der Waals surface area contributed by atoms with Gasteiger partial charge in [-0.2, -0.15) is 13.2 Å². The van der Waals surface area contributed by atoms with Gasteiger partial charge >= 0.3 is 12.1 Å². The summed E-state index contributed by atoms with van der Waals surface area (Å²) in [6, 6.07) is 23.4. The molecule has 0 spiro atoms. The van der Waals surface area contributed by atoms with Crippen LogP contribution < -0.4 is 24.4 Å². The fourth-order valence-electron chi connectivity index (χ4n) is 5.46. The summed E-state index contributed by atoms with van der Waals surface area (Å²) in [5.74, 6) is -0.568. The number of halogens is 4. The number of benzene rings is 4. The van der Waals surface area contributed by atoms with Crippen LogP contribution in [0.15, 0.2) is 110 Å². The van der Waals surface area contributed by atoms with Crippen LogP contribution in [0.3, 0.4) is 0 Å². The van der Waals surface area contributed by atoms with Gasteiger partial charge in [-0.1, -0.05) is 87.9 Å². The van der Waals surface area contributed by atoms with Gasteiger partial charge < -0.3 is 14.2 Å². The molecule has 1 aliphatic heterocycles. The number of alkyl halides is 3. The lowest BCUT2D eigenvalue weighted by Gasteiger charge is -2.28. The van der Waals surface area contributed by atoms with Crippen LogP contribution in [0.25, 0.3) is 16.8 Å². The van der Waals surface area contributed by atoms with Gasteiger partial charge in [-0.05, 0) is 53.6 Å². The Hall–Kier alpha value is -4.68. The van der Waals surface area contributed by atoms with E-state index < -0.39 is 35.0 Å². The Bertz CT molecular complexity index is 2210. The lowest BCUT2D eigenvalue weighted by atomic mass is 9.90. The van der Waals surface area contributed by atoms with Crippen LogP contribution in [0.5, 0.6) is 11.5 Å². The lowest BCUT2D eigenvalue weighted by molar-refractivity contribution is -0.140. The van der Waals surface area contributed by atoms with Crippen molar-refractivity contribution >= 4 is 50.1 Å². The van der Waals surface area contributed by atoms with Crippen LogP contribution in [0.4, 0.5) is 13.2 Å². The average Bonchev–Trinajstić information content (AvgIpc) is 3.37. The maximum Gasteiger partial charge on any atom is 0.434 e. The van der Waals surface area contributed by atoms with Crippen LogP contribution in [-0.4, -0.2) is 30.4 Å². The van der Waals surface area contributed by atoms with E-state index in [1.165, 1.54) is 14.0 Å². The molecule has 0 radical (unpaired) electrons. The van der Waals surface area contributed by atoms with E-state index in [2.05, 4.69) is 20.9 Å². The van der Waals surface area contributed by atoms with E-state index in [1.54, 1.807) is 66.7 Å². The Morgan fingerprint density at radius 1 is 1.00 bits per heavy atom. The van der Waals surface area contributed by atoms with Gasteiger partial charge in [-0.25, -0.2) is 9.79 Å². The fraction of sp³-hybridized carbons (Fsp3) is 0.171. The quantitative estimate of drug-likeness (QED) is 0.164. The molecule has 0 aliphatic carbocycles. The van der Waals surface area contributed by atoms with Crippen LogP contribution in [0.1, 0.15) is 29.7 Å². The summed E-state index contributed by atoms with van der Waals surface area (Å²) >= 11 is 4.20. The number of thiazole rings is 1. The number of hydrogen-bond acceptors (Lipinski definition) is 7. The molecule has 0 bridgehead atoms. The van der Waals surface area contributed by atoms with Crippen LogP contribution in [0, 0.1) is 0 Å². The third-order valence-electron chi connectivity index (χ3n) is 7.53. The van der Waals surface area contributed by atoms with Gasteiger partial charge in [0, 0.05) is 15.6 Å². The summed E-state index contributed by atoms with van der Waals surface area (Å²) in [4.78, 5) is 31.4. The smallest absolute Gasteiger partial charge is 0.434 e. The van der Waals surface area contributed by atoms with Crippen molar-refractivity contribution in [3.63, 3.8) is 0 Å². The molecule has 0 unspecified atom stereocenters. The number of hydrogen-bond donors (Lipinski definition) is 0. The molecule has 6 rings (SSSR count). The standard InChI is InChI=1S/C35H26BrF3N2O5S/c1-3-45-33(43)29-30(28-24-10-6-4-8-21(24)14-17-26(28)44-2)41-32(42)27(47-34(41)40-31(29)35(37,38)39)18-22-9-5-7-11-25(22)46-19-20-12-15-23(36)16-13-20/h4-18,30H,3,19H2,1-2H3/b27-18-/t30-/m1/s1. The molecule has 0 saturated carbocycles. The molecule has 12 heteroatoms. The molecule has 1 atom stereocenters. The van der Waals surface area contributed by atoms with Gasteiger partial charge in [0.25, 0.3) is 5.56 Å². The minimum absolute atomic E-state index is 0.0966. The number of carbonyl (C=O) groups excluding carboxylic acids is 1. The minimum atomic E-state index is -5.04. The zero-order chi connectivity index (χ0) is 33.3. The van der Waals surface area contributed by atoms with Gasteiger partial charge in [0.2, 0.25) is 0 Å². The Morgan fingerprint density at radius 3 is 2.45 bits per heavy atom. The number of allylic oxidation sites excluding steroid dienone is 1. The Kier molecular flexibility index (Phi) is 9.07. The summed E-state index contributed by atoms with van der Waals surface area (Å²) < 4.78 is 63.2. The molecular weight excluding hydrogens is 697 g/mol. The zero-order valence-corrected chi connectivity index (χ0v) is 27.4. The number of rotatable bonds is 8. The molecule has 0 amide bonds. The third kappa shape index (κ3) is 6.35. The third-order valence-corrected chi connectivity index (χ3v) is 9.04. The normalized spacial score (nSPS) is 14.9. The number of fused-ring (bicyclic) bond motifs is 2. The molecule has 5 aromatic rings. The summed E-state index contributed by atoms with van der Waals surface area (Å²) in [6.07, 6.45) is -3.49. The topological polar surface area (TPSA) is 79.1 Å². The largest absolute Gasteiger partial charge is 0.496 e. The first-order chi connectivity index (χ1) is 22.6. The second-order valence-electron chi connectivity index (χ2n) is 10.4. The molecular formula is C35H26BrF3N2O5S. The van der Waals surface area contributed by atoms with E-state index in [0.29, 0.717) is 22.1 Å². The Morgan fingerprint density at radius 2 is 1.72 bits per heavy atom. The second-order valence-corrected chi connectivity index (χ2v) is 12.3. The number of methoxy groups -OCH3 is 1. The maximum absolute atomic E-state index is 14.7. The maximum atomic E-state index is 14.7. The van der Waals surface area contributed by atoms with Crippen molar-refractivity contribution in [1.82, 2.24) is 4.57 Å². The van der Waals surface area contributed by atoms with Crippen molar-refractivity contribution in [2.45, 2.75) is 25.7 Å². The van der Waals surface area contributed by atoms with Gasteiger partial charge in [0.1, 0.15) is 24.1 Å². The summed E-state index contributed by atoms with van der Waals surface area (Å²) in [7, 11) is 1.38. The van der Waals surface area contributed by atoms with Crippen molar-refractivity contribution in [3.05, 3.63) is 137 Å². The van der Waals surface area contributed by atoms with E-state index in [1.807, 2.05) is 24.3 Å². The monoisotopic (exact) mass is 722 g/mol. The summed E-state index contributed by atoms with van der Waals surface area (Å²) in [5.41, 5.74) is -1.21. The predicted molar refractivity (Wildman–Crippen MR) is 176 cm³/mol. The molecule has 1 aromatic heterocycles. The lowest BCUT2D eigenvalue weighted by Crippen LogP contribution is -2.41. The van der Waals surface area contributed by atoms with Crippen molar-refractivity contribution in [1.29, 1.82) is 0 Å².